The monoisotopic (exact) mass is 303 g/mol. The van der Waals surface area contributed by atoms with Crippen LogP contribution in [0.25, 0.3) is 0 Å². The van der Waals surface area contributed by atoms with E-state index < -0.39 is 0 Å². The maximum absolute atomic E-state index is 12.3. The number of hydrogen-bond acceptors (Lipinski definition) is 5. The number of likely N-dealkylation sites (tertiary alicyclic amines) is 1. The van der Waals surface area contributed by atoms with Gasteiger partial charge in [-0.3, -0.25) is 4.79 Å². The van der Waals surface area contributed by atoms with E-state index in [0.29, 0.717) is 18.8 Å². The molecule has 0 radical (unpaired) electrons. The fourth-order valence-corrected chi connectivity index (χ4v) is 3.15. The molecule has 0 spiro atoms. The highest BCUT2D eigenvalue weighted by molar-refractivity contribution is 7.10. The van der Waals surface area contributed by atoms with Crippen molar-refractivity contribution in [2.75, 3.05) is 13.1 Å². The average Bonchev–Trinajstić information content (AvgIpc) is 3.01. The Balaban J connectivity index is 1.56. The van der Waals surface area contributed by atoms with Crippen LogP contribution in [-0.4, -0.2) is 40.0 Å². The molecule has 2 aromatic rings. The van der Waals surface area contributed by atoms with Gasteiger partial charge in [-0.25, -0.2) is 9.97 Å². The standard InChI is InChI=1S/C15H17N3O2S/c19-15(9-13-4-2-8-21-13)18-7-1-3-12(10-18)20-14-5-6-16-11-17-14/h2,4-6,8,11-12H,1,3,7,9-10H2. The van der Waals surface area contributed by atoms with E-state index in [2.05, 4.69) is 9.97 Å². The van der Waals surface area contributed by atoms with Crippen molar-refractivity contribution < 1.29 is 9.53 Å². The normalized spacial score (nSPS) is 18.5. The number of thiophene rings is 1. The molecule has 1 unspecified atom stereocenters. The van der Waals surface area contributed by atoms with Crippen molar-refractivity contribution in [1.82, 2.24) is 14.9 Å². The zero-order valence-electron chi connectivity index (χ0n) is 11.6. The second-order valence-electron chi connectivity index (χ2n) is 5.03. The van der Waals surface area contributed by atoms with Crippen molar-refractivity contribution in [3.63, 3.8) is 0 Å². The number of amides is 1. The number of ether oxygens (including phenoxy) is 1. The van der Waals surface area contributed by atoms with E-state index >= 15 is 0 Å². The van der Waals surface area contributed by atoms with Crippen molar-refractivity contribution in [3.05, 3.63) is 41.0 Å². The number of aromatic nitrogens is 2. The summed E-state index contributed by atoms with van der Waals surface area (Å²) < 4.78 is 5.83. The summed E-state index contributed by atoms with van der Waals surface area (Å²) in [6.07, 6.45) is 5.54. The minimum Gasteiger partial charge on any atom is -0.472 e. The third kappa shape index (κ3) is 3.78. The Morgan fingerprint density at radius 3 is 3.19 bits per heavy atom. The Morgan fingerprint density at radius 2 is 2.43 bits per heavy atom. The first kappa shape index (κ1) is 14.0. The molecule has 2 aromatic heterocycles. The lowest BCUT2D eigenvalue weighted by Crippen LogP contribution is -2.45. The van der Waals surface area contributed by atoms with Gasteiger partial charge in [-0.2, -0.15) is 0 Å². The van der Waals surface area contributed by atoms with Gasteiger partial charge in [0, 0.05) is 23.7 Å². The molecule has 0 saturated carbocycles. The van der Waals surface area contributed by atoms with Crippen molar-refractivity contribution >= 4 is 17.2 Å². The van der Waals surface area contributed by atoms with Crippen molar-refractivity contribution in [2.45, 2.75) is 25.4 Å². The maximum Gasteiger partial charge on any atom is 0.227 e. The molecular formula is C15H17N3O2S. The predicted molar refractivity (Wildman–Crippen MR) is 80.3 cm³/mol. The van der Waals surface area contributed by atoms with Crippen molar-refractivity contribution in [2.24, 2.45) is 0 Å². The van der Waals surface area contributed by atoms with E-state index in [-0.39, 0.29) is 12.0 Å². The first-order chi connectivity index (χ1) is 10.3. The van der Waals surface area contributed by atoms with E-state index in [9.17, 15) is 4.79 Å². The molecule has 3 rings (SSSR count). The molecule has 0 aliphatic carbocycles. The molecule has 6 heteroatoms. The summed E-state index contributed by atoms with van der Waals surface area (Å²) in [6.45, 7) is 1.45. The van der Waals surface area contributed by atoms with Crippen LogP contribution in [0.4, 0.5) is 0 Å². The molecule has 1 amide bonds. The number of piperidine rings is 1. The van der Waals surface area contributed by atoms with Crippen LogP contribution in [0.15, 0.2) is 36.1 Å². The molecule has 1 saturated heterocycles. The lowest BCUT2D eigenvalue weighted by Gasteiger charge is -2.32. The van der Waals surface area contributed by atoms with Gasteiger partial charge in [-0.15, -0.1) is 11.3 Å². The Hall–Kier alpha value is -1.95. The molecule has 110 valence electrons. The Labute approximate surface area is 127 Å². The lowest BCUT2D eigenvalue weighted by molar-refractivity contribution is -0.133. The highest BCUT2D eigenvalue weighted by Crippen LogP contribution is 2.18. The zero-order valence-corrected chi connectivity index (χ0v) is 12.5. The minimum atomic E-state index is 0.0148. The number of hydrogen-bond donors (Lipinski definition) is 0. The van der Waals surface area contributed by atoms with Crippen LogP contribution in [0.3, 0.4) is 0 Å². The number of rotatable bonds is 4. The van der Waals surface area contributed by atoms with E-state index in [1.807, 2.05) is 22.4 Å². The molecule has 3 heterocycles. The first-order valence-electron chi connectivity index (χ1n) is 7.04. The Bertz CT molecular complexity index is 574. The molecule has 1 fully saturated rings. The van der Waals surface area contributed by atoms with Crippen LogP contribution in [-0.2, 0) is 11.2 Å². The molecular weight excluding hydrogens is 286 g/mol. The van der Waals surface area contributed by atoms with E-state index in [1.54, 1.807) is 23.6 Å². The first-order valence-corrected chi connectivity index (χ1v) is 7.92. The second kappa shape index (κ2) is 6.67. The smallest absolute Gasteiger partial charge is 0.227 e. The van der Waals surface area contributed by atoms with E-state index in [1.165, 1.54) is 6.33 Å². The lowest BCUT2D eigenvalue weighted by atomic mass is 10.1. The van der Waals surface area contributed by atoms with Crippen LogP contribution in [0.2, 0.25) is 0 Å². The van der Waals surface area contributed by atoms with Gasteiger partial charge in [-0.05, 0) is 24.3 Å². The SMILES string of the molecule is O=C(Cc1cccs1)N1CCCC(Oc2ccncn2)C1. The molecule has 1 aliphatic heterocycles. The van der Waals surface area contributed by atoms with Gasteiger partial charge < -0.3 is 9.64 Å². The third-order valence-electron chi connectivity index (χ3n) is 3.48. The number of nitrogens with zero attached hydrogens (tertiary/aromatic N) is 3. The van der Waals surface area contributed by atoms with Crippen LogP contribution in [0.1, 0.15) is 17.7 Å². The third-order valence-corrected chi connectivity index (χ3v) is 4.36. The topological polar surface area (TPSA) is 55.3 Å². The summed E-state index contributed by atoms with van der Waals surface area (Å²) in [5, 5.41) is 2.00. The van der Waals surface area contributed by atoms with Crippen LogP contribution >= 0.6 is 11.3 Å². The molecule has 0 N–H and O–H groups in total. The largest absolute Gasteiger partial charge is 0.472 e. The summed E-state index contributed by atoms with van der Waals surface area (Å²) in [5.41, 5.74) is 0. The molecule has 5 nitrogen and oxygen atoms in total. The van der Waals surface area contributed by atoms with E-state index in [4.69, 9.17) is 4.74 Å². The summed E-state index contributed by atoms with van der Waals surface area (Å²) in [7, 11) is 0. The summed E-state index contributed by atoms with van der Waals surface area (Å²) in [4.78, 5) is 23.3. The highest BCUT2D eigenvalue weighted by Gasteiger charge is 2.25. The fourth-order valence-electron chi connectivity index (χ4n) is 2.45. The fraction of sp³-hybridized carbons (Fsp3) is 0.400. The van der Waals surface area contributed by atoms with Crippen molar-refractivity contribution in [3.8, 4) is 5.88 Å². The van der Waals surface area contributed by atoms with Crippen molar-refractivity contribution in [1.29, 1.82) is 0 Å². The van der Waals surface area contributed by atoms with Gasteiger partial charge in [0.05, 0.1) is 13.0 Å². The molecule has 21 heavy (non-hydrogen) atoms. The number of carbonyl (C=O) groups excluding carboxylic acids is 1. The van der Waals surface area contributed by atoms with Gasteiger partial charge in [0.15, 0.2) is 0 Å². The Kier molecular flexibility index (Phi) is 4.45. The molecule has 0 bridgehead atoms. The molecule has 1 atom stereocenters. The van der Waals surface area contributed by atoms with Crippen LogP contribution in [0.5, 0.6) is 5.88 Å². The summed E-state index contributed by atoms with van der Waals surface area (Å²) in [5.74, 6) is 0.746. The number of carbonyl (C=O) groups is 1. The predicted octanol–water partition coefficient (Wildman–Crippen LogP) is 2.15. The van der Waals surface area contributed by atoms with Gasteiger partial charge in [0.1, 0.15) is 12.4 Å². The quantitative estimate of drug-likeness (QED) is 0.868. The second-order valence-corrected chi connectivity index (χ2v) is 6.06. The van der Waals surface area contributed by atoms with Gasteiger partial charge >= 0.3 is 0 Å². The van der Waals surface area contributed by atoms with E-state index in [0.717, 1.165) is 24.3 Å². The molecule has 0 aromatic carbocycles. The Morgan fingerprint density at radius 1 is 1.48 bits per heavy atom. The van der Waals surface area contributed by atoms with Gasteiger partial charge in [0.2, 0.25) is 11.8 Å². The minimum absolute atomic E-state index is 0.0148. The average molecular weight is 303 g/mol. The summed E-state index contributed by atoms with van der Waals surface area (Å²) >= 11 is 1.62. The van der Waals surface area contributed by atoms with Crippen LogP contribution < -0.4 is 4.74 Å². The molecule has 1 aliphatic rings. The zero-order chi connectivity index (χ0) is 14.5. The van der Waals surface area contributed by atoms with Gasteiger partial charge in [0.25, 0.3) is 0 Å². The van der Waals surface area contributed by atoms with Crippen LogP contribution in [0, 0.1) is 0 Å². The highest BCUT2D eigenvalue weighted by atomic mass is 32.1. The van der Waals surface area contributed by atoms with Gasteiger partial charge in [-0.1, -0.05) is 6.07 Å². The summed E-state index contributed by atoms with van der Waals surface area (Å²) in [6, 6.07) is 5.72. The maximum atomic E-state index is 12.3.